The van der Waals surface area contributed by atoms with E-state index in [1.807, 2.05) is 6.92 Å². The second kappa shape index (κ2) is 6.87. The van der Waals surface area contributed by atoms with Gasteiger partial charge in [0.2, 0.25) is 10.0 Å². The van der Waals surface area contributed by atoms with Gasteiger partial charge in [-0.15, -0.1) is 0 Å². The summed E-state index contributed by atoms with van der Waals surface area (Å²) in [5, 5.41) is 3.36. The molecule has 112 valence electrons. The molecule has 0 saturated carbocycles. The van der Waals surface area contributed by atoms with E-state index in [0.29, 0.717) is 18.3 Å². The summed E-state index contributed by atoms with van der Waals surface area (Å²) < 4.78 is 27.5. The molecule has 0 amide bonds. The van der Waals surface area contributed by atoms with E-state index in [0.717, 1.165) is 23.1 Å². The Morgan fingerprint density at radius 2 is 2.25 bits per heavy atom. The molecule has 20 heavy (non-hydrogen) atoms. The minimum Gasteiger partial charge on any atom is -0.314 e. The van der Waals surface area contributed by atoms with Gasteiger partial charge in [0.1, 0.15) is 5.82 Å². The Labute approximate surface area is 128 Å². The number of rotatable bonds is 5. The SMILES string of the molecule is Cc1nc(NS(=O)(=O)CCC2CCCCN2)ccc1Br. The van der Waals surface area contributed by atoms with Gasteiger partial charge in [-0.25, -0.2) is 13.4 Å². The summed E-state index contributed by atoms with van der Waals surface area (Å²) in [4.78, 5) is 4.20. The van der Waals surface area contributed by atoms with E-state index in [1.54, 1.807) is 12.1 Å². The van der Waals surface area contributed by atoms with Crippen molar-refractivity contribution in [3.05, 3.63) is 22.3 Å². The van der Waals surface area contributed by atoms with Gasteiger partial charge in [-0.3, -0.25) is 4.72 Å². The zero-order valence-electron chi connectivity index (χ0n) is 11.5. The molecule has 1 aromatic rings. The molecule has 1 atom stereocenters. The molecule has 0 aliphatic carbocycles. The smallest absolute Gasteiger partial charge is 0.233 e. The Morgan fingerprint density at radius 1 is 1.45 bits per heavy atom. The lowest BCUT2D eigenvalue weighted by Crippen LogP contribution is -2.36. The van der Waals surface area contributed by atoms with Crippen molar-refractivity contribution in [1.29, 1.82) is 0 Å². The van der Waals surface area contributed by atoms with Crippen molar-refractivity contribution in [2.45, 2.75) is 38.6 Å². The van der Waals surface area contributed by atoms with Crippen LogP contribution in [-0.2, 0) is 10.0 Å². The highest BCUT2D eigenvalue weighted by Crippen LogP contribution is 2.17. The summed E-state index contributed by atoms with van der Waals surface area (Å²) >= 11 is 3.34. The lowest BCUT2D eigenvalue weighted by Gasteiger charge is -2.23. The van der Waals surface area contributed by atoms with E-state index in [4.69, 9.17) is 0 Å². The molecule has 5 nitrogen and oxygen atoms in total. The second-order valence-corrected chi connectivity index (χ2v) is 7.82. The largest absolute Gasteiger partial charge is 0.314 e. The number of piperidine rings is 1. The van der Waals surface area contributed by atoms with Crippen molar-refractivity contribution in [2.75, 3.05) is 17.0 Å². The maximum Gasteiger partial charge on any atom is 0.233 e. The Balaban J connectivity index is 1.91. The van der Waals surface area contributed by atoms with Crippen LogP contribution >= 0.6 is 15.9 Å². The number of anilines is 1. The van der Waals surface area contributed by atoms with Gasteiger partial charge in [-0.05, 0) is 60.8 Å². The number of hydrogen-bond donors (Lipinski definition) is 2. The first-order chi connectivity index (χ1) is 9.46. The summed E-state index contributed by atoms with van der Waals surface area (Å²) in [5.74, 6) is 0.504. The molecule has 1 aromatic heterocycles. The number of aromatic nitrogens is 1. The second-order valence-electron chi connectivity index (χ2n) is 5.12. The Morgan fingerprint density at radius 3 is 2.90 bits per heavy atom. The average molecular weight is 362 g/mol. The van der Waals surface area contributed by atoms with Crippen molar-refractivity contribution >= 4 is 31.8 Å². The summed E-state index contributed by atoms with van der Waals surface area (Å²) in [6, 6.07) is 3.77. The highest BCUT2D eigenvalue weighted by atomic mass is 79.9. The van der Waals surface area contributed by atoms with E-state index in [-0.39, 0.29) is 5.75 Å². The lowest BCUT2D eigenvalue weighted by atomic mass is 10.0. The molecule has 0 aromatic carbocycles. The third-order valence-electron chi connectivity index (χ3n) is 3.43. The number of sulfonamides is 1. The normalized spacial score (nSPS) is 19.8. The monoisotopic (exact) mass is 361 g/mol. The van der Waals surface area contributed by atoms with Crippen molar-refractivity contribution in [3.8, 4) is 0 Å². The van der Waals surface area contributed by atoms with E-state index < -0.39 is 10.0 Å². The number of nitrogens with one attached hydrogen (secondary N) is 2. The Kier molecular flexibility index (Phi) is 5.40. The molecule has 1 aliphatic rings. The molecule has 1 fully saturated rings. The van der Waals surface area contributed by atoms with Crippen LogP contribution in [0.3, 0.4) is 0 Å². The van der Waals surface area contributed by atoms with Crippen molar-refractivity contribution in [1.82, 2.24) is 10.3 Å². The molecular weight excluding hydrogens is 342 g/mol. The Hall–Kier alpha value is -0.660. The van der Waals surface area contributed by atoms with E-state index in [1.165, 1.54) is 12.8 Å². The number of nitrogens with zero attached hydrogens (tertiary/aromatic N) is 1. The molecule has 0 radical (unpaired) electrons. The summed E-state index contributed by atoms with van der Waals surface area (Å²) in [6.07, 6.45) is 4.07. The summed E-state index contributed by atoms with van der Waals surface area (Å²) in [7, 11) is -3.33. The minimum atomic E-state index is -3.33. The highest BCUT2D eigenvalue weighted by molar-refractivity contribution is 9.10. The van der Waals surface area contributed by atoms with E-state index >= 15 is 0 Å². The number of pyridine rings is 1. The van der Waals surface area contributed by atoms with Gasteiger partial charge in [0.05, 0.1) is 11.4 Å². The van der Waals surface area contributed by atoms with Gasteiger partial charge in [-0.2, -0.15) is 0 Å². The van der Waals surface area contributed by atoms with Crippen LogP contribution in [0, 0.1) is 6.92 Å². The maximum absolute atomic E-state index is 12.0. The van der Waals surface area contributed by atoms with Gasteiger partial charge in [0, 0.05) is 10.5 Å². The van der Waals surface area contributed by atoms with Crippen LogP contribution in [-0.4, -0.2) is 31.7 Å². The molecule has 2 rings (SSSR count). The van der Waals surface area contributed by atoms with Crippen LogP contribution < -0.4 is 10.0 Å². The van der Waals surface area contributed by atoms with Crippen LogP contribution in [0.1, 0.15) is 31.4 Å². The number of aryl methyl sites for hydroxylation is 1. The molecule has 2 heterocycles. The van der Waals surface area contributed by atoms with Crippen LogP contribution in [0.2, 0.25) is 0 Å². The molecular formula is C13H20BrN3O2S. The minimum absolute atomic E-state index is 0.126. The maximum atomic E-state index is 12.0. The topological polar surface area (TPSA) is 71.1 Å². The van der Waals surface area contributed by atoms with Gasteiger partial charge in [0.15, 0.2) is 0 Å². The van der Waals surface area contributed by atoms with Crippen LogP contribution in [0.5, 0.6) is 0 Å². The van der Waals surface area contributed by atoms with Gasteiger partial charge >= 0.3 is 0 Å². The third-order valence-corrected chi connectivity index (χ3v) is 5.56. The Bertz CT molecular complexity index is 557. The predicted molar refractivity (Wildman–Crippen MR) is 84.3 cm³/mol. The van der Waals surface area contributed by atoms with Crippen LogP contribution in [0.4, 0.5) is 5.82 Å². The molecule has 2 N–H and O–H groups in total. The van der Waals surface area contributed by atoms with Gasteiger partial charge in [0.25, 0.3) is 0 Å². The number of halogens is 1. The molecule has 0 spiro atoms. The highest BCUT2D eigenvalue weighted by Gasteiger charge is 2.18. The van der Waals surface area contributed by atoms with Gasteiger partial charge < -0.3 is 5.32 Å². The van der Waals surface area contributed by atoms with Crippen molar-refractivity contribution in [3.63, 3.8) is 0 Å². The molecule has 0 bridgehead atoms. The fraction of sp³-hybridized carbons (Fsp3) is 0.615. The predicted octanol–water partition coefficient (Wildman–Crippen LogP) is 2.43. The molecule has 1 saturated heterocycles. The fourth-order valence-corrected chi connectivity index (χ4v) is 3.63. The summed E-state index contributed by atoms with van der Waals surface area (Å²) in [5.41, 5.74) is 0.763. The zero-order chi connectivity index (χ0) is 14.6. The summed E-state index contributed by atoms with van der Waals surface area (Å²) in [6.45, 7) is 2.82. The standard InChI is InChI=1S/C13H20BrN3O2S/c1-10-12(14)5-6-13(16-10)17-20(18,19)9-7-11-4-2-3-8-15-11/h5-6,11,15H,2-4,7-9H2,1H3,(H,16,17). The van der Waals surface area contributed by atoms with Crippen LogP contribution in [0.15, 0.2) is 16.6 Å². The average Bonchev–Trinajstić information content (AvgIpc) is 2.42. The van der Waals surface area contributed by atoms with E-state index in [9.17, 15) is 8.42 Å². The first-order valence-electron chi connectivity index (χ1n) is 6.83. The lowest BCUT2D eigenvalue weighted by molar-refractivity contribution is 0.393. The molecule has 7 heteroatoms. The fourth-order valence-electron chi connectivity index (χ4n) is 2.28. The molecule has 1 aliphatic heterocycles. The number of hydrogen-bond acceptors (Lipinski definition) is 4. The first-order valence-corrected chi connectivity index (χ1v) is 9.28. The first kappa shape index (κ1) is 15.7. The quantitative estimate of drug-likeness (QED) is 0.844. The van der Waals surface area contributed by atoms with E-state index in [2.05, 4.69) is 31.0 Å². The van der Waals surface area contributed by atoms with Crippen molar-refractivity contribution in [2.24, 2.45) is 0 Å². The third kappa shape index (κ3) is 4.71. The van der Waals surface area contributed by atoms with Gasteiger partial charge in [-0.1, -0.05) is 6.42 Å². The molecule has 1 unspecified atom stereocenters. The van der Waals surface area contributed by atoms with Crippen LogP contribution in [0.25, 0.3) is 0 Å². The zero-order valence-corrected chi connectivity index (χ0v) is 13.9. The van der Waals surface area contributed by atoms with Crippen molar-refractivity contribution < 1.29 is 8.42 Å².